The molecule has 28 heavy (non-hydrogen) atoms. The average molecular weight is 382 g/mol. The number of amides is 1. The van der Waals surface area contributed by atoms with Crippen LogP contribution in [0, 0.1) is 11.8 Å². The first-order valence-corrected chi connectivity index (χ1v) is 9.79. The third kappa shape index (κ3) is 3.97. The van der Waals surface area contributed by atoms with Crippen LogP contribution in [0.5, 0.6) is 11.5 Å². The number of nitrogens with zero attached hydrogens (tertiary/aromatic N) is 2. The van der Waals surface area contributed by atoms with Gasteiger partial charge in [-0.25, -0.2) is 0 Å². The third-order valence-corrected chi connectivity index (χ3v) is 5.84. The molecule has 2 heterocycles. The van der Waals surface area contributed by atoms with Crippen LogP contribution in [-0.4, -0.2) is 53.3 Å². The minimum Gasteiger partial charge on any atom is -0.493 e. The first-order chi connectivity index (χ1) is 13.6. The highest BCUT2D eigenvalue weighted by Gasteiger charge is 2.44. The smallest absolute Gasteiger partial charge is 0.228 e. The van der Waals surface area contributed by atoms with Crippen LogP contribution in [0.25, 0.3) is 0 Å². The number of ether oxygens (including phenoxy) is 2. The minimum atomic E-state index is -0.544. The molecule has 6 heteroatoms. The molecule has 1 aromatic heterocycles. The highest BCUT2D eigenvalue weighted by atomic mass is 16.5. The second kappa shape index (κ2) is 8.19. The van der Waals surface area contributed by atoms with E-state index < -0.39 is 6.10 Å². The molecule has 1 aliphatic heterocycles. The van der Waals surface area contributed by atoms with E-state index in [2.05, 4.69) is 4.98 Å². The Labute approximate surface area is 165 Å². The van der Waals surface area contributed by atoms with Crippen LogP contribution in [0.1, 0.15) is 18.5 Å². The molecule has 4 atom stereocenters. The lowest BCUT2D eigenvalue weighted by Crippen LogP contribution is -2.42. The van der Waals surface area contributed by atoms with Gasteiger partial charge in [-0.15, -0.1) is 0 Å². The summed E-state index contributed by atoms with van der Waals surface area (Å²) in [5.74, 6) is 2.07. The summed E-state index contributed by atoms with van der Waals surface area (Å²) < 4.78 is 11.4. The SMILES string of the molecule is COc1ccccc1O[C@@H]1C[C@@H]2CN(C(=O)Cc3ccccn3)C[C@@H]2C[C@H]1O. The molecule has 6 nitrogen and oxygen atoms in total. The molecule has 1 aromatic carbocycles. The molecule has 2 fully saturated rings. The molecule has 1 amide bonds. The lowest BCUT2D eigenvalue weighted by molar-refractivity contribution is -0.129. The number of methoxy groups -OCH3 is 1. The van der Waals surface area contributed by atoms with Crippen molar-refractivity contribution in [2.45, 2.75) is 31.5 Å². The van der Waals surface area contributed by atoms with Gasteiger partial charge in [0.15, 0.2) is 11.5 Å². The first-order valence-electron chi connectivity index (χ1n) is 9.79. The number of carbonyl (C=O) groups is 1. The van der Waals surface area contributed by atoms with Crippen molar-refractivity contribution in [3.63, 3.8) is 0 Å². The molecule has 0 spiro atoms. The minimum absolute atomic E-state index is 0.102. The van der Waals surface area contributed by atoms with Crippen molar-refractivity contribution in [1.82, 2.24) is 9.88 Å². The van der Waals surface area contributed by atoms with E-state index in [0.717, 1.165) is 18.7 Å². The van der Waals surface area contributed by atoms with Crippen LogP contribution in [0.4, 0.5) is 0 Å². The highest BCUT2D eigenvalue weighted by molar-refractivity contribution is 5.78. The molecule has 0 bridgehead atoms. The van der Waals surface area contributed by atoms with E-state index in [4.69, 9.17) is 9.47 Å². The normalized spacial score (nSPS) is 26.6. The summed E-state index contributed by atoms with van der Waals surface area (Å²) in [7, 11) is 1.61. The lowest BCUT2D eigenvalue weighted by Gasteiger charge is -2.35. The standard InChI is InChI=1S/C22H26N2O4/c1-27-19-7-2-3-8-20(19)28-21-11-16-14-24(13-15(16)10-18(21)25)22(26)12-17-6-4-5-9-23-17/h2-9,15-16,18,21,25H,10-14H2,1H3/t15-,16+,18+,21+/m0/s1. The Morgan fingerprint density at radius 1 is 1.11 bits per heavy atom. The number of hydrogen-bond acceptors (Lipinski definition) is 5. The molecular weight excluding hydrogens is 356 g/mol. The van der Waals surface area contributed by atoms with Crippen molar-refractivity contribution in [2.75, 3.05) is 20.2 Å². The Bertz CT molecular complexity index is 813. The monoisotopic (exact) mass is 382 g/mol. The molecule has 0 radical (unpaired) electrons. The van der Waals surface area contributed by atoms with Crippen LogP contribution >= 0.6 is 0 Å². The van der Waals surface area contributed by atoms with Gasteiger partial charge in [-0.2, -0.15) is 0 Å². The van der Waals surface area contributed by atoms with E-state index in [1.807, 2.05) is 47.4 Å². The summed E-state index contributed by atoms with van der Waals surface area (Å²) in [5.41, 5.74) is 0.791. The summed E-state index contributed by atoms with van der Waals surface area (Å²) in [4.78, 5) is 18.8. The van der Waals surface area contributed by atoms with Crippen LogP contribution < -0.4 is 9.47 Å². The van der Waals surface area contributed by atoms with Crippen molar-refractivity contribution < 1.29 is 19.4 Å². The van der Waals surface area contributed by atoms with E-state index in [1.54, 1.807) is 13.3 Å². The van der Waals surface area contributed by atoms with Crippen LogP contribution in [0.3, 0.4) is 0 Å². The van der Waals surface area contributed by atoms with Gasteiger partial charge in [-0.05, 0) is 48.9 Å². The van der Waals surface area contributed by atoms with E-state index >= 15 is 0 Å². The summed E-state index contributed by atoms with van der Waals surface area (Å²) in [6.07, 6.45) is 2.59. The number of hydrogen-bond donors (Lipinski definition) is 1. The molecule has 148 valence electrons. The van der Waals surface area contributed by atoms with Crippen molar-refractivity contribution in [1.29, 1.82) is 0 Å². The number of aromatic nitrogens is 1. The predicted octanol–water partition coefficient (Wildman–Crippen LogP) is 2.31. The zero-order valence-electron chi connectivity index (χ0n) is 16.0. The number of pyridine rings is 1. The molecular formula is C22H26N2O4. The average Bonchev–Trinajstić information content (AvgIpc) is 3.12. The van der Waals surface area contributed by atoms with Crippen LogP contribution in [0.2, 0.25) is 0 Å². The maximum Gasteiger partial charge on any atom is 0.228 e. The van der Waals surface area contributed by atoms with Crippen molar-refractivity contribution in [3.8, 4) is 11.5 Å². The second-order valence-corrected chi connectivity index (χ2v) is 7.66. The molecule has 1 saturated heterocycles. The quantitative estimate of drug-likeness (QED) is 0.859. The zero-order valence-corrected chi connectivity index (χ0v) is 16.0. The number of carbonyl (C=O) groups excluding carboxylic acids is 1. The lowest BCUT2D eigenvalue weighted by atomic mass is 9.78. The maximum absolute atomic E-state index is 12.7. The summed E-state index contributed by atoms with van der Waals surface area (Å²) in [5, 5.41) is 10.6. The van der Waals surface area contributed by atoms with Gasteiger partial charge in [0.05, 0.1) is 19.6 Å². The summed E-state index contributed by atoms with van der Waals surface area (Å²) in [6.45, 7) is 1.42. The fraction of sp³-hybridized carbons (Fsp3) is 0.455. The molecule has 2 aromatic rings. The number of aliphatic hydroxyl groups excluding tert-OH is 1. The zero-order chi connectivity index (χ0) is 19.5. The van der Waals surface area contributed by atoms with Crippen molar-refractivity contribution in [3.05, 3.63) is 54.4 Å². The molecule has 2 aliphatic rings. The van der Waals surface area contributed by atoms with Crippen LogP contribution in [-0.2, 0) is 11.2 Å². The molecule has 1 N–H and O–H groups in total. The number of benzene rings is 1. The first kappa shape index (κ1) is 18.7. The fourth-order valence-corrected chi connectivity index (χ4v) is 4.37. The van der Waals surface area contributed by atoms with E-state index in [1.165, 1.54) is 0 Å². The summed E-state index contributed by atoms with van der Waals surface area (Å²) in [6, 6.07) is 13.1. The van der Waals surface area contributed by atoms with E-state index in [-0.39, 0.29) is 12.0 Å². The predicted molar refractivity (Wildman–Crippen MR) is 104 cm³/mol. The second-order valence-electron chi connectivity index (χ2n) is 7.66. The van der Waals surface area contributed by atoms with Gasteiger partial charge in [-0.1, -0.05) is 18.2 Å². The van der Waals surface area contributed by atoms with Gasteiger partial charge in [0, 0.05) is 25.0 Å². The Balaban J connectivity index is 1.39. The topological polar surface area (TPSA) is 71.9 Å². The molecule has 0 unspecified atom stereocenters. The number of likely N-dealkylation sites (tertiary alicyclic amines) is 1. The number of aliphatic hydroxyl groups is 1. The Morgan fingerprint density at radius 2 is 1.82 bits per heavy atom. The van der Waals surface area contributed by atoms with Gasteiger partial charge in [0.1, 0.15) is 6.10 Å². The number of para-hydroxylation sites is 2. The van der Waals surface area contributed by atoms with E-state index in [0.29, 0.717) is 42.7 Å². The Hall–Kier alpha value is -2.60. The maximum atomic E-state index is 12.7. The number of fused-ring (bicyclic) bond motifs is 1. The van der Waals surface area contributed by atoms with Crippen LogP contribution in [0.15, 0.2) is 48.7 Å². The van der Waals surface area contributed by atoms with Gasteiger partial charge < -0.3 is 19.5 Å². The largest absolute Gasteiger partial charge is 0.493 e. The highest BCUT2D eigenvalue weighted by Crippen LogP contribution is 2.39. The Kier molecular flexibility index (Phi) is 5.48. The van der Waals surface area contributed by atoms with Crippen molar-refractivity contribution >= 4 is 5.91 Å². The van der Waals surface area contributed by atoms with Gasteiger partial charge in [0.25, 0.3) is 0 Å². The van der Waals surface area contributed by atoms with E-state index in [9.17, 15) is 9.90 Å². The fourth-order valence-electron chi connectivity index (χ4n) is 4.37. The number of rotatable bonds is 5. The van der Waals surface area contributed by atoms with Gasteiger partial charge >= 0.3 is 0 Å². The Morgan fingerprint density at radius 3 is 2.54 bits per heavy atom. The molecule has 1 saturated carbocycles. The van der Waals surface area contributed by atoms with Gasteiger partial charge in [-0.3, -0.25) is 9.78 Å². The summed E-state index contributed by atoms with van der Waals surface area (Å²) >= 11 is 0. The third-order valence-electron chi connectivity index (χ3n) is 5.84. The van der Waals surface area contributed by atoms with Gasteiger partial charge in [0.2, 0.25) is 5.91 Å². The molecule has 1 aliphatic carbocycles. The van der Waals surface area contributed by atoms with Crippen molar-refractivity contribution in [2.24, 2.45) is 11.8 Å². The molecule has 4 rings (SSSR count).